The Balaban J connectivity index is 1.42. The van der Waals surface area contributed by atoms with E-state index in [0.29, 0.717) is 42.2 Å². The molecule has 3 rings (SSSR count). The van der Waals surface area contributed by atoms with Crippen LogP contribution in [0.15, 0.2) is 42.5 Å². The molecule has 1 saturated heterocycles. The highest BCUT2D eigenvalue weighted by molar-refractivity contribution is 6.30. The fraction of sp³-hybridized carbons (Fsp3) is 0.385. The van der Waals surface area contributed by atoms with Gasteiger partial charge in [-0.05, 0) is 69.0 Å². The van der Waals surface area contributed by atoms with Crippen molar-refractivity contribution in [1.29, 1.82) is 0 Å². The minimum Gasteiger partial charge on any atom is -0.452 e. The minimum absolute atomic E-state index is 0.111. The second-order valence-corrected chi connectivity index (χ2v) is 9.12. The number of carbonyl (C=O) groups excluding carboxylic acids is 4. The molecule has 2 N–H and O–H groups in total. The smallest absolute Gasteiger partial charge is 0.309 e. The Morgan fingerprint density at radius 2 is 1.63 bits per heavy atom. The molecule has 0 aromatic heterocycles. The molecule has 186 valence electrons. The molecule has 2 aromatic rings. The summed E-state index contributed by atoms with van der Waals surface area (Å²) < 4.78 is 5.33. The number of hydrogen-bond donors (Lipinski definition) is 2. The summed E-state index contributed by atoms with van der Waals surface area (Å²) in [5.41, 5.74) is 3.11. The third kappa shape index (κ3) is 7.05. The van der Waals surface area contributed by atoms with E-state index in [9.17, 15) is 19.2 Å². The van der Waals surface area contributed by atoms with E-state index in [-0.39, 0.29) is 18.4 Å². The van der Waals surface area contributed by atoms with E-state index in [1.54, 1.807) is 29.2 Å². The summed E-state index contributed by atoms with van der Waals surface area (Å²) in [5.74, 6) is -1.91. The molecule has 2 aromatic carbocycles. The Labute approximate surface area is 210 Å². The van der Waals surface area contributed by atoms with Crippen LogP contribution in [0.5, 0.6) is 0 Å². The van der Waals surface area contributed by atoms with Crippen LogP contribution in [0.3, 0.4) is 0 Å². The molecular weight excluding hydrogens is 470 g/mol. The van der Waals surface area contributed by atoms with Gasteiger partial charge in [0.15, 0.2) is 6.10 Å². The van der Waals surface area contributed by atoms with Gasteiger partial charge in [-0.1, -0.05) is 29.8 Å². The Morgan fingerprint density at radius 3 is 2.23 bits per heavy atom. The largest absolute Gasteiger partial charge is 0.452 e. The maximum atomic E-state index is 12.6. The Hall–Kier alpha value is -3.39. The van der Waals surface area contributed by atoms with Crippen molar-refractivity contribution in [3.63, 3.8) is 0 Å². The molecular formula is C26H30ClN3O5. The van der Waals surface area contributed by atoms with Gasteiger partial charge >= 0.3 is 5.97 Å². The molecule has 9 heteroatoms. The molecule has 1 aliphatic heterocycles. The summed E-state index contributed by atoms with van der Waals surface area (Å²) in [7, 11) is 0. The number of rotatable bonds is 7. The molecule has 0 bridgehead atoms. The van der Waals surface area contributed by atoms with Crippen LogP contribution >= 0.6 is 11.6 Å². The van der Waals surface area contributed by atoms with Gasteiger partial charge in [0, 0.05) is 29.4 Å². The van der Waals surface area contributed by atoms with E-state index in [4.69, 9.17) is 16.3 Å². The number of piperidine rings is 1. The molecule has 0 unspecified atom stereocenters. The number of halogens is 1. The van der Waals surface area contributed by atoms with Crippen molar-refractivity contribution >= 4 is 41.0 Å². The zero-order valence-electron chi connectivity index (χ0n) is 20.1. The third-order valence-corrected chi connectivity index (χ3v) is 6.29. The third-order valence-electron chi connectivity index (χ3n) is 6.04. The average molecular weight is 500 g/mol. The standard InChI is InChI=1S/C26H30ClN3O5/c1-16-5-4-6-17(2)23(16)29-22(31)15-28-24(32)18(3)35-26(34)20-11-13-30(14-12-20)25(33)19-7-9-21(27)10-8-19/h4-10,18,20H,11-15H2,1-3H3,(H,28,32)(H,29,31)/t18-/m1/s1. The lowest BCUT2D eigenvalue weighted by Crippen LogP contribution is -2.43. The van der Waals surface area contributed by atoms with Crippen LogP contribution in [0.25, 0.3) is 0 Å². The highest BCUT2D eigenvalue weighted by atomic mass is 35.5. The molecule has 8 nitrogen and oxygen atoms in total. The van der Waals surface area contributed by atoms with Crippen molar-refractivity contribution in [2.75, 3.05) is 25.0 Å². The SMILES string of the molecule is Cc1cccc(C)c1NC(=O)CNC(=O)[C@@H](C)OC(=O)C1CCN(C(=O)c2ccc(Cl)cc2)CC1. The number of carbonyl (C=O) groups is 4. The van der Waals surface area contributed by atoms with Crippen molar-refractivity contribution in [2.45, 2.75) is 39.7 Å². The summed E-state index contributed by atoms with van der Waals surface area (Å²) >= 11 is 5.87. The highest BCUT2D eigenvalue weighted by Gasteiger charge is 2.30. The fourth-order valence-corrected chi connectivity index (χ4v) is 4.05. The number of benzene rings is 2. The Kier molecular flexibility index (Phi) is 8.87. The van der Waals surface area contributed by atoms with Crippen LogP contribution in [0.4, 0.5) is 5.69 Å². The first-order chi connectivity index (χ1) is 16.7. The molecule has 3 amide bonds. The zero-order chi connectivity index (χ0) is 25.5. The Morgan fingerprint density at radius 1 is 1.03 bits per heavy atom. The molecule has 0 saturated carbocycles. The van der Waals surface area contributed by atoms with E-state index < -0.39 is 23.9 Å². The van der Waals surface area contributed by atoms with Gasteiger partial charge in [-0.25, -0.2) is 0 Å². The van der Waals surface area contributed by atoms with E-state index in [2.05, 4.69) is 10.6 Å². The van der Waals surface area contributed by atoms with Crippen LogP contribution in [0.1, 0.15) is 41.3 Å². The zero-order valence-corrected chi connectivity index (χ0v) is 20.9. The van der Waals surface area contributed by atoms with Gasteiger partial charge < -0.3 is 20.3 Å². The van der Waals surface area contributed by atoms with Gasteiger partial charge in [-0.3, -0.25) is 19.2 Å². The predicted molar refractivity (Wildman–Crippen MR) is 133 cm³/mol. The molecule has 1 heterocycles. The number of para-hydroxylation sites is 1. The van der Waals surface area contributed by atoms with Crippen LogP contribution in [-0.4, -0.2) is 54.3 Å². The fourth-order valence-electron chi connectivity index (χ4n) is 3.92. The Bertz CT molecular complexity index is 1070. The monoisotopic (exact) mass is 499 g/mol. The van der Waals surface area contributed by atoms with Crippen molar-refractivity contribution in [1.82, 2.24) is 10.2 Å². The molecule has 1 atom stereocenters. The number of hydrogen-bond acceptors (Lipinski definition) is 5. The summed E-state index contributed by atoms with van der Waals surface area (Å²) in [4.78, 5) is 51.4. The number of nitrogens with one attached hydrogen (secondary N) is 2. The molecule has 35 heavy (non-hydrogen) atoms. The summed E-state index contributed by atoms with van der Waals surface area (Å²) in [6.45, 7) is 5.84. The summed E-state index contributed by atoms with van der Waals surface area (Å²) in [6, 6.07) is 12.4. The summed E-state index contributed by atoms with van der Waals surface area (Å²) in [5, 5.41) is 5.85. The predicted octanol–water partition coefficient (Wildman–Crippen LogP) is 3.50. The van der Waals surface area contributed by atoms with Gasteiger partial charge in [0.1, 0.15) is 0 Å². The topological polar surface area (TPSA) is 105 Å². The van der Waals surface area contributed by atoms with Gasteiger partial charge in [-0.15, -0.1) is 0 Å². The van der Waals surface area contributed by atoms with Gasteiger partial charge in [0.05, 0.1) is 12.5 Å². The van der Waals surface area contributed by atoms with Crippen molar-refractivity contribution in [3.05, 3.63) is 64.2 Å². The summed E-state index contributed by atoms with van der Waals surface area (Å²) in [6.07, 6.45) is -0.140. The maximum absolute atomic E-state index is 12.6. The number of nitrogens with zero attached hydrogens (tertiary/aromatic N) is 1. The number of anilines is 1. The molecule has 0 radical (unpaired) electrons. The van der Waals surface area contributed by atoms with Crippen LogP contribution in [0.2, 0.25) is 5.02 Å². The van der Waals surface area contributed by atoms with Crippen molar-refractivity contribution in [3.8, 4) is 0 Å². The second kappa shape index (κ2) is 11.8. The number of amides is 3. The lowest BCUT2D eigenvalue weighted by Gasteiger charge is -2.31. The number of ether oxygens (including phenoxy) is 1. The van der Waals surface area contributed by atoms with E-state index in [1.807, 2.05) is 32.0 Å². The highest BCUT2D eigenvalue weighted by Crippen LogP contribution is 2.22. The van der Waals surface area contributed by atoms with E-state index >= 15 is 0 Å². The maximum Gasteiger partial charge on any atom is 0.309 e. The van der Waals surface area contributed by atoms with E-state index in [0.717, 1.165) is 11.1 Å². The van der Waals surface area contributed by atoms with Crippen LogP contribution in [-0.2, 0) is 19.1 Å². The number of esters is 1. The van der Waals surface area contributed by atoms with Gasteiger partial charge in [0.2, 0.25) is 5.91 Å². The molecule has 0 aliphatic carbocycles. The number of likely N-dealkylation sites (tertiary alicyclic amines) is 1. The molecule has 1 aliphatic rings. The quantitative estimate of drug-likeness (QED) is 0.567. The van der Waals surface area contributed by atoms with Crippen LogP contribution < -0.4 is 10.6 Å². The molecule has 1 fully saturated rings. The van der Waals surface area contributed by atoms with Gasteiger partial charge in [-0.2, -0.15) is 0 Å². The first-order valence-corrected chi connectivity index (χ1v) is 11.9. The van der Waals surface area contributed by atoms with Crippen molar-refractivity contribution in [2.24, 2.45) is 5.92 Å². The lowest BCUT2D eigenvalue weighted by atomic mass is 9.96. The molecule has 0 spiro atoms. The average Bonchev–Trinajstić information content (AvgIpc) is 2.85. The van der Waals surface area contributed by atoms with Crippen LogP contribution in [0, 0.1) is 19.8 Å². The van der Waals surface area contributed by atoms with Crippen molar-refractivity contribution < 1.29 is 23.9 Å². The first-order valence-electron chi connectivity index (χ1n) is 11.5. The first kappa shape index (κ1) is 26.2. The lowest BCUT2D eigenvalue weighted by molar-refractivity contribution is -0.160. The number of aryl methyl sites for hydroxylation is 2. The minimum atomic E-state index is -1.04. The van der Waals surface area contributed by atoms with Gasteiger partial charge in [0.25, 0.3) is 11.8 Å². The second-order valence-electron chi connectivity index (χ2n) is 8.69. The van der Waals surface area contributed by atoms with E-state index in [1.165, 1.54) is 6.92 Å². The normalized spacial score (nSPS) is 14.7.